The molecule has 1 aliphatic carbocycles. The Balaban J connectivity index is 1.40. The van der Waals surface area contributed by atoms with Crippen molar-refractivity contribution in [3.05, 3.63) is 53.2 Å². The van der Waals surface area contributed by atoms with E-state index < -0.39 is 0 Å². The number of carbonyl (C=O) groups excluding carboxylic acids is 2. The van der Waals surface area contributed by atoms with E-state index in [0.717, 1.165) is 24.0 Å². The van der Waals surface area contributed by atoms with Crippen LogP contribution >= 0.6 is 0 Å². The Morgan fingerprint density at radius 2 is 2.23 bits per heavy atom. The summed E-state index contributed by atoms with van der Waals surface area (Å²) in [6.07, 6.45) is 5.57. The minimum atomic E-state index is -0.340. The Labute approximate surface area is 173 Å². The Kier molecular flexibility index (Phi) is 5.60. The van der Waals surface area contributed by atoms with Crippen molar-refractivity contribution in [2.45, 2.75) is 45.7 Å². The first-order valence-electron chi connectivity index (χ1n) is 9.96. The van der Waals surface area contributed by atoms with Gasteiger partial charge in [0.25, 0.3) is 5.91 Å². The SMILES string of the molecule is CCc1nc(-c2ccc3c(c2)CC[C@H]3NC(=O)c2cnn(CCOC(C)=O)c2)no1. The van der Waals surface area contributed by atoms with Gasteiger partial charge in [-0.05, 0) is 30.0 Å². The van der Waals surface area contributed by atoms with Gasteiger partial charge >= 0.3 is 5.97 Å². The zero-order valence-electron chi connectivity index (χ0n) is 16.9. The van der Waals surface area contributed by atoms with Gasteiger partial charge in [0, 0.05) is 25.1 Å². The summed E-state index contributed by atoms with van der Waals surface area (Å²) in [6.45, 7) is 3.94. The van der Waals surface area contributed by atoms with E-state index in [2.05, 4.69) is 26.6 Å². The van der Waals surface area contributed by atoms with Gasteiger partial charge in [-0.1, -0.05) is 24.2 Å². The summed E-state index contributed by atoms with van der Waals surface area (Å²) >= 11 is 0. The number of benzene rings is 1. The van der Waals surface area contributed by atoms with Crippen LogP contribution in [0.2, 0.25) is 0 Å². The number of aromatic nitrogens is 4. The molecular formula is C21H23N5O4. The van der Waals surface area contributed by atoms with Gasteiger partial charge in [0.2, 0.25) is 11.7 Å². The first-order chi connectivity index (χ1) is 14.5. The van der Waals surface area contributed by atoms with Crippen LogP contribution in [0.4, 0.5) is 0 Å². The van der Waals surface area contributed by atoms with Crippen LogP contribution < -0.4 is 5.32 Å². The number of hydrogen-bond donors (Lipinski definition) is 1. The van der Waals surface area contributed by atoms with Crippen LogP contribution in [0.1, 0.15) is 53.7 Å². The van der Waals surface area contributed by atoms with Crippen LogP contribution in [0.25, 0.3) is 11.4 Å². The second-order valence-corrected chi connectivity index (χ2v) is 7.18. The van der Waals surface area contributed by atoms with Gasteiger partial charge in [-0.15, -0.1) is 0 Å². The molecular weight excluding hydrogens is 386 g/mol. The highest BCUT2D eigenvalue weighted by Crippen LogP contribution is 2.34. The lowest BCUT2D eigenvalue weighted by atomic mass is 10.0. The fourth-order valence-corrected chi connectivity index (χ4v) is 3.55. The number of aryl methyl sites for hydroxylation is 2. The molecule has 0 aliphatic heterocycles. The number of carbonyl (C=O) groups is 2. The summed E-state index contributed by atoms with van der Waals surface area (Å²) < 4.78 is 11.7. The maximum absolute atomic E-state index is 12.6. The molecule has 2 heterocycles. The number of nitrogens with one attached hydrogen (secondary N) is 1. The van der Waals surface area contributed by atoms with Crippen LogP contribution in [0.3, 0.4) is 0 Å². The molecule has 0 radical (unpaired) electrons. The summed E-state index contributed by atoms with van der Waals surface area (Å²) in [5, 5.41) is 11.3. The molecule has 0 unspecified atom stereocenters. The first-order valence-corrected chi connectivity index (χ1v) is 9.96. The van der Waals surface area contributed by atoms with E-state index in [-0.39, 0.29) is 24.5 Å². The molecule has 9 heteroatoms. The van der Waals surface area contributed by atoms with Crippen LogP contribution in [0.15, 0.2) is 35.1 Å². The summed E-state index contributed by atoms with van der Waals surface area (Å²) in [5.74, 6) is 0.682. The van der Waals surface area contributed by atoms with Gasteiger partial charge in [-0.25, -0.2) is 0 Å². The summed E-state index contributed by atoms with van der Waals surface area (Å²) in [5.41, 5.74) is 3.67. The number of hydrogen-bond acceptors (Lipinski definition) is 7. The zero-order chi connectivity index (χ0) is 21.1. The molecule has 1 atom stereocenters. The molecule has 3 aromatic rings. The van der Waals surface area contributed by atoms with Crippen molar-refractivity contribution in [1.29, 1.82) is 0 Å². The lowest BCUT2D eigenvalue weighted by Crippen LogP contribution is -2.26. The van der Waals surface area contributed by atoms with Crippen molar-refractivity contribution in [3.8, 4) is 11.4 Å². The van der Waals surface area contributed by atoms with Crippen molar-refractivity contribution in [1.82, 2.24) is 25.2 Å². The average Bonchev–Trinajstić information content (AvgIpc) is 3.47. The Morgan fingerprint density at radius 3 is 3.00 bits per heavy atom. The van der Waals surface area contributed by atoms with Gasteiger partial charge < -0.3 is 14.6 Å². The van der Waals surface area contributed by atoms with E-state index in [9.17, 15) is 9.59 Å². The molecule has 1 aromatic carbocycles. The van der Waals surface area contributed by atoms with Gasteiger partial charge in [0.1, 0.15) is 6.61 Å². The molecule has 0 saturated heterocycles. The number of amides is 1. The molecule has 1 amide bonds. The minimum absolute atomic E-state index is 0.0533. The third-order valence-electron chi connectivity index (χ3n) is 5.08. The fourth-order valence-electron chi connectivity index (χ4n) is 3.55. The molecule has 0 bridgehead atoms. The van der Waals surface area contributed by atoms with Crippen molar-refractivity contribution < 1.29 is 18.8 Å². The fraction of sp³-hybridized carbons (Fsp3) is 0.381. The number of ether oxygens (including phenoxy) is 1. The standard InChI is InChI=1S/C21H23N5O4/c1-3-19-24-20(25-30-19)15-4-6-17-14(10-15)5-7-18(17)23-21(28)16-11-22-26(12-16)8-9-29-13(2)27/h4,6,10-12,18H,3,5,7-9H2,1-2H3,(H,23,28)/t18-/m1/s1. The van der Waals surface area contributed by atoms with Gasteiger partial charge in [-0.3, -0.25) is 14.3 Å². The Morgan fingerprint density at radius 1 is 1.37 bits per heavy atom. The molecule has 1 N–H and O–H groups in total. The monoisotopic (exact) mass is 409 g/mol. The first kappa shape index (κ1) is 19.8. The molecule has 0 fully saturated rings. The number of fused-ring (bicyclic) bond motifs is 1. The molecule has 9 nitrogen and oxygen atoms in total. The minimum Gasteiger partial charge on any atom is -0.464 e. The predicted octanol–water partition coefficient (Wildman–Crippen LogP) is 2.48. The molecule has 30 heavy (non-hydrogen) atoms. The Bertz CT molecular complexity index is 1070. The second kappa shape index (κ2) is 8.48. The predicted molar refractivity (Wildman–Crippen MR) is 107 cm³/mol. The molecule has 4 rings (SSSR count). The lowest BCUT2D eigenvalue weighted by Gasteiger charge is -2.13. The van der Waals surface area contributed by atoms with Crippen molar-refractivity contribution in [3.63, 3.8) is 0 Å². The van der Waals surface area contributed by atoms with E-state index in [1.54, 1.807) is 10.9 Å². The Hall–Kier alpha value is -3.49. The van der Waals surface area contributed by atoms with E-state index in [1.165, 1.54) is 18.7 Å². The maximum atomic E-state index is 12.6. The molecule has 0 saturated carbocycles. The highest BCUT2D eigenvalue weighted by atomic mass is 16.5. The highest BCUT2D eigenvalue weighted by molar-refractivity contribution is 5.94. The average molecular weight is 409 g/mol. The van der Waals surface area contributed by atoms with Crippen LogP contribution in [0, 0.1) is 0 Å². The van der Waals surface area contributed by atoms with E-state index >= 15 is 0 Å². The van der Waals surface area contributed by atoms with Crippen LogP contribution in [-0.4, -0.2) is 38.4 Å². The third-order valence-corrected chi connectivity index (χ3v) is 5.08. The zero-order valence-corrected chi connectivity index (χ0v) is 16.9. The summed E-state index contributed by atoms with van der Waals surface area (Å²) in [7, 11) is 0. The van der Waals surface area contributed by atoms with Gasteiger partial charge in [0.15, 0.2) is 0 Å². The molecule has 2 aromatic heterocycles. The van der Waals surface area contributed by atoms with E-state index in [1.807, 2.05) is 19.1 Å². The smallest absolute Gasteiger partial charge is 0.302 e. The van der Waals surface area contributed by atoms with Crippen LogP contribution in [-0.2, 0) is 28.9 Å². The van der Waals surface area contributed by atoms with Crippen molar-refractivity contribution >= 4 is 11.9 Å². The van der Waals surface area contributed by atoms with Crippen molar-refractivity contribution in [2.24, 2.45) is 0 Å². The number of nitrogens with zero attached hydrogens (tertiary/aromatic N) is 4. The van der Waals surface area contributed by atoms with Crippen LogP contribution in [0.5, 0.6) is 0 Å². The van der Waals surface area contributed by atoms with Gasteiger partial charge in [-0.2, -0.15) is 10.1 Å². The van der Waals surface area contributed by atoms with E-state index in [0.29, 0.717) is 30.2 Å². The number of rotatable bonds is 7. The van der Waals surface area contributed by atoms with E-state index in [4.69, 9.17) is 9.26 Å². The largest absolute Gasteiger partial charge is 0.464 e. The summed E-state index contributed by atoms with van der Waals surface area (Å²) in [4.78, 5) is 27.9. The van der Waals surface area contributed by atoms with Gasteiger partial charge in [0.05, 0.1) is 24.3 Å². The molecule has 156 valence electrons. The van der Waals surface area contributed by atoms with Crippen molar-refractivity contribution in [2.75, 3.05) is 6.61 Å². The third kappa shape index (κ3) is 4.24. The topological polar surface area (TPSA) is 112 Å². The highest BCUT2D eigenvalue weighted by Gasteiger charge is 2.25. The quantitative estimate of drug-likeness (QED) is 0.597. The summed E-state index contributed by atoms with van der Waals surface area (Å²) in [6, 6.07) is 5.99. The normalized spacial score (nSPS) is 15.1. The lowest BCUT2D eigenvalue weighted by molar-refractivity contribution is -0.141. The molecule has 1 aliphatic rings. The second-order valence-electron chi connectivity index (χ2n) is 7.18. The maximum Gasteiger partial charge on any atom is 0.302 e. The molecule has 0 spiro atoms. The number of esters is 1.